The predicted molar refractivity (Wildman–Crippen MR) is 91.1 cm³/mol. The summed E-state index contributed by atoms with van der Waals surface area (Å²) in [6, 6.07) is 10.3. The highest BCUT2D eigenvalue weighted by atomic mass is 35.5. The highest BCUT2D eigenvalue weighted by Crippen LogP contribution is 2.22. The van der Waals surface area contributed by atoms with Crippen LogP contribution in [0, 0.1) is 0 Å². The number of hydrogen-bond donors (Lipinski definition) is 3. The minimum absolute atomic E-state index is 0.220. The number of fused-ring (bicyclic) bond motifs is 2. The van der Waals surface area contributed by atoms with Crippen LogP contribution in [0.3, 0.4) is 0 Å². The van der Waals surface area contributed by atoms with E-state index in [1.807, 2.05) is 24.3 Å². The Hall–Kier alpha value is -2.86. The van der Waals surface area contributed by atoms with E-state index in [9.17, 15) is 9.59 Å². The second kappa shape index (κ2) is 5.65. The molecule has 2 amide bonds. The summed E-state index contributed by atoms with van der Waals surface area (Å²) in [6.45, 7) is 0. The van der Waals surface area contributed by atoms with Crippen LogP contribution < -0.4 is 10.6 Å². The van der Waals surface area contributed by atoms with E-state index in [1.165, 1.54) is 0 Å². The Balaban J connectivity index is 1.56. The highest BCUT2D eigenvalue weighted by Gasteiger charge is 2.27. The molecule has 1 unspecified atom stereocenters. The summed E-state index contributed by atoms with van der Waals surface area (Å²) in [4.78, 5) is 31.6. The Labute approximate surface area is 142 Å². The normalized spacial score (nSPS) is 16.5. The van der Waals surface area contributed by atoms with Crippen LogP contribution in [0.5, 0.6) is 0 Å². The van der Waals surface area contributed by atoms with Gasteiger partial charge in [0.05, 0.1) is 11.7 Å². The number of benzene rings is 1. The van der Waals surface area contributed by atoms with Gasteiger partial charge in [-0.2, -0.15) is 0 Å². The molecular weight excluding hydrogens is 328 g/mol. The Bertz CT molecular complexity index is 966. The molecule has 0 aliphatic carbocycles. The molecule has 24 heavy (non-hydrogen) atoms. The first-order valence-corrected chi connectivity index (χ1v) is 7.82. The molecule has 0 saturated carbocycles. The number of nitrogens with zero attached hydrogens (tertiary/aromatic N) is 1. The van der Waals surface area contributed by atoms with Crippen molar-refractivity contribution in [3.8, 4) is 0 Å². The maximum Gasteiger partial charge on any atom is 0.268 e. The van der Waals surface area contributed by atoms with Crippen molar-refractivity contribution in [2.45, 2.75) is 12.5 Å². The van der Waals surface area contributed by atoms with E-state index >= 15 is 0 Å². The van der Waals surface area contributed by atoms with Gasteiger partial charge in [0.1, 0.15) is 16.9 Å². The molecule has 7 heteroatoms. The van der Waals surface area contributed by atoms with Crippen molar-refractivity contribution < 1.29 is 9.59 Å². The monoisotopic (exact) mass is 340 g/mol. The van der Waals surface area contributed by atoms with Crippen LogP contribution >= 0.6 is 11.6 Å². The topological polar surface area (TPSA) is 86.9 Å². The summed E-state index contributed by atoms with van der Waals surface area (Å²) in [7, 11) is 0. The number of para-hydroxylation sites is 1. The number of H-pyrrole nitrogens is 1. The molecule has 3 heterocycles. The van der Waals surface area contributed by atoms with Crippen molar-refractivity contribution in [1.29, 1.82) is 0 Å². The third-order valence-corrected chi connectivity index (χ3v) is 4.24. The lowest BCUT2D eigenvalue weighted by atomic mass is 9.99. The Morgan fingerprint density at radius 1 is 1.29 bits per heavy atom. The molecule has 2 aromatic heterocycles. The number of aromatic amines is 1. The van der Waals surface area contributed by atoms with Gasteiger partial charge in [-0.05, 0) is 23.8 Å². The van der Waals surface area contributed by atoms with Gasteiger partial charge in [0.15, 0.2) is 0 Å². The Morgan fingerprint density at radius 3 is 3.00 bits per heavy atom. The molecule has 6 nitrogen and oxygen atoms in total. The third-order valence-electron chi connectivity index (χ3n) is 4.04. The maximum atomic E-state index is 12.4. The first kappa shape index (κ1) is 14.7. The first-order valence-electron chi connectivity index (χ1n) is 7.44. The van der Waals surface area contributed by atoms with Crippen LogP contribution in [-0.2, 0) is 11.2 Å². The fourth-order valence-corrected chi connectivity index (χ4v) is 3.00. The molecule has 1 atom stereocenters. The largest absolute Gasteiger partial charge is 0.349 e. The van der Waals surface area contributed by atoms with Crippen molar-refractivity contribution in [2.24, 2.45) is 0 Å². The summed E-state index contributed by atoms with van der Waals surface area (Å²) in [5, 5.41) is 6.72. The van der Waals surface area contributed by atoms with Gasteiger partial charge in [0.25, 0.3) is 5.91 Å². The predicted octanol–water partition coefficient (Wildman–Crippen LogP) is 2.51. The Kier molecular flexibility index (Phi) is 3.46. The van der Waals surface area contributed by atoms with Crippen LogP contribution in [-0.4, -0.2) is 27.8 Å². The molecule has 4 rings (SSSR count). The number of carbonyl (C=O) groups excluding carboxylic acids is 2. The number of halogens is 1. The lowest BCUT2D eigenvalue weighted by Crippen LogP contribution is -2.47. The molecule has 0 spiro atoms. The van der Waals surface area contributed by atoms with E-state index in [1.54, 1.807) is 18.3 Å². The standard InChI is InChI=1S/C17H13ClN4O2/c18-15-7-10-6-12(20-14(10)8-19-15)16(23)22-13-5-9-3-1-2-4-11(9)21-17(13)24/h1-4,6-8,13,20H,5H2,(H,21,24)(H,22,23). The van der Waals surface area contributed by atoms with Gasteiger partial charge in [-0.3, -0.25) is 9.59 Å². The molecule has 1 aliphatic heterocycles. The molecule has 1 aromatic carbocycles. The van der Waals surface area contributed by atoms with E-state index < -0.39 is 6.04 Å². The molecule has 0 radical (unpaired) electrons. The summed E-state index contributed by atoms with van der Waals surface area (Å²) in [6.07, 6.45) is 2.03. The fourth-order valence-electron chi connectivity index (χ4n) is 2.83. The number of amides is 2. The number of anilines is 1. The summed E-state index contributed by atoms with van der Waals surface area (Å²) in [5.74, 6) is -0.565. The summed E-state index contributed by atoms with van der Waals surface area (Å²) < 4.78 is 0. The molecule has 3 N–H and O–H groups in total. The van der Waals surface area contributed by atoms with Gasteiger partial charge in [0.2, 0.25) is 5.91 Å². The van der Waals surface area contributed by atoms with Gasteiger partial charge in [-0.1, -0.05) is 29.8 Å². The van der Waals surface area contributed by atoms with Crippen LogP contribution in [0.1, 0.15) is 16.1 Å². The second-order valence-electron chi connectivity index (χ2n) is 5.65. The third kappa shape index (κ3) is 2.61. The van der Waals surface area contributed by atoms with Crippen molar-refractivity contribution in [2.75, 3.05) is 5.32 Å². The second-order valence-corrected chi connectivity index (χ2v) is 6.04. The number of hydrogen-bond acceptors (Lipinski definition) is 3. The zero-order chi connectivity index (χ0) is 16.7. The number of carbonyl (C=O) groups is 2. The minimum Gasteiger partial charge on any atom is -0.349 e. The SMILES string of the molecule is O=C(NC1Cc2ccccc2NC1=O)c1cc2cc(Cl)ncc2[nH]1. The zero-order valence-corrected chi connectivity index (χ0v) is 13.2. The first-order chi connectivity index (χ1) is 11.6. The van der Waals surface area contributed by atoms with E-state index in [2.05, 4.69) is 20.6 Å². The van der Waals surface area contributed by atoms with Gasteiger partial charge >= 0.3 is 0 Å². The van der Waals surface area contributed by atoms with E-state index in [0.29, 0.717) is 22.8 Å². The van der Waals surface area contributed by atoms with E-state index in [0.717, 1.165) is 16.6 Å². The molecule has 3 aromatic rings. The molecule has 0 bridgehead atoms. The molecule has 120 valence electrons. The van der Waals surface area contributed by atoms with Gasteiger partial charge in [0, 0.05) is 17.5 Å². The molecule has 1 aliphatic rings. The smallest absolute Gasteiger partial charge is 0.268 e. The summed E-state index contributed by atoms with van der Waals surface area (Å²) >= 11 is 5.85. The molecule has 0 fully saturated rings. The average molecular weight is 341 g/mol. The van der Waals surface area contributed by atoms with Gasteiger partial charge in [-0.25, -0.2) is 4.98 Å². The highest BCUT2D eigenvalue weighted by molar-refractivity contribution is 6.30. The van der Waals surface area contributed by atoms with Crippen molar-refractivity contribution in [1.82, 2.24) is 15.3 Å². The van der Waals surface area contributed by atoms with Gasteiger partial charge in [-0.15, -0.1) is 0 Å². The van der Waals surface area contributed by atoms with Crippen LogP contribution in [0.15, 0.2) is 42.6 Å². The molecular formula is C17H13ClN4O2. The average Bonchev–Trinajstić information content (AvgIpc) is 2.98. The van der Waals surface area contributed by atoms with Crippen molar-refractivity contribution in [3.05, 3.63) is 59.0 Å². The van der Waals surface area contributed by atoms with Crippen LogP contribution in [0.25, 0.3) is 10.9 Å². The minimum atomic E-state index is -0.611. The lowest BCUT2D eigenvalue weighted by molar-refractivity contribution is -0.118. The van der Waals surface area contributed by atoms with Gasteiger partial charge < -0.3 is 15.6 Å². The quantitative estimate of drug-likeness (QED) is 0.626. The number of pyridine rings is 1. The number of nitrogens with one attached hydrogen (secondary N) is 3. The van der Waals surface area contributed by atoms with Crippen molar-refractivity contribution in [3.63, 3.8) is 0 Å². The fraction of sp³-hybridized carbons (Fsp3) is 0.118. The van der Waals surface area contributed by atoms with Crippen LogP contribution in [0.4, 0.5) is 5.69 Å². The van der Waals surface area contributed by atoms with Crippen molar-refractivity contribution >= 4 is 40.0 Å². The zero-order valence-electron chi connectivity index (χ0n) is 12.5. The van der Waals surface area contributed by atoms with Crippen LogP contribution in [0.2, 0.25) is 5.15 Å². The lowest BCUT2D eigenvalue weighted by Gasteiger charge is -2.25. The number of rotatable bonds is 2. The van der Waals surface area contributed by atoms with E-state index in [4.69, 9.17) is 11.6 Å². The maximum absolute atomic E-state index is 12.4. The van der Waals surface area contributed by atoms with E-state index in [-0.39, 0.29) is 11.8 Å². The number of aromatic nitrogens is 2. The summed E-state index contributed by atoms with van der Waals surface area (Å²) in [5.41, 5.74) is 2.86. The Morgan fingerprint density at radius 2 is 2.12 bits per heavy atom. The molecule has 0 saturated heterocycles.